The van der Waals surface area contributed by atoms with Crippen LogP contribution in [0.25, 0.3) is 0 Å². The van der Waals surface area contributed by atoms with Gasteiger partial charge in [-0.25, -0.2) is 4.79 Å². The van der Waals surface area contributed by atoms with Crippen molar-refractivity contribution < 1.29 is 14.3 Å². The maximum Gasteiger partial charge on any atom is 0.328 e. The van der Waals surface area contributed by atoms with Crippen LogP contribution in [0.5, 0.6) is 0 Å². The first-order valence-corrected chi connectivity index (χ1v) is 6.85. The fraction of sp³-hybridized carbons (Fsp3) is 0.846. The number of esters is 1. The van der Waals surface area contributed by atoms with E-state index in [2.05, 4.69) is 5.32 Å². The number of hydrogen-bond donors (Lipinski definition) is 1. The summed E-state index contributed by atoms with van der Waals surface area (Å²) < 4.78 is 4.77. The first kappa shape index (κ1) is 13.3. The maximum atomic E-state index is 12.4. The third-order valence-electron chi connectivity index (χ3n) is 3.87. The third-order valence-corrected chi connectivity index (χ3v) is 3.87. The Morgan fingerprint density at radius 1 is 1.17 bits per heavy atom. The van der Waals surface area contributed by atoms with Crippen LogP contribution in [-0.4, -0.2) is 49.1 Å². The molecule has 0 aliphatic carbocycles. The molecule has 2 aliphatic heterocycles. The largest absolute Gasteiger partial charge is 0.467 e. The topological polar surface area (TPSA) is 58.6 Å². The molecule has 0 spiro atoms. The molecule has 5 heteroatoms. The highest BCUT2D eigenvalue weighted by molar-refractivity contribution is 5.88. The number of carbonyl (C=O) groups excluding carboxylic acids is 2. The van der Waals surface area contributed by atoms with E-state index in [1.165, 1.54) is 13.5 Å². The molecule has 0 radical (unpaired) electrons. The second-order valence-electron chi connectivity index (χ2n) is 5.07. The molecule has 0 bridgehead atoms. The smallest absolute Gasteiger partial charge is 0.328 e. The van der Waals surface area contributed by atoms with Crippen LogP contribution in [0.4, 0.5) is 0 Å². The number of rotatable bonds is 2. The van der Waals surface area contributed by atoms with Crippen LogP contribution in [0.15, 0.2) is 0 Å². The van der Waals surface area contributed by atoms with E-state index < -0.39 is 0 Å². The second-order valence-corrected chi connectivity index (χ2v) is 5.07. The average Bonchev–Trinajstić information content (AvgIpc) is 2.72. The van der Waals surface area contributed by atoms with Gasteiger partial charge in [-0.1, -0.05) is 12.8 Å². The van der Waals surface area contributed by atoms with Gasteiger partial charge in [-0.05, 0) is 32.2 Å². The van der Waals surface area contributed by atoms with Gasteiger partial charge in [0, 0.05) is 6.54 Å². The summed E-state index contributed by atoms with van der Waals surface area (Å²) in [6.07, 6.45) is 5.88. The van der Waals surface area contributed by atoms with Crippen molar-refractivity contribution in [3.05, 3.63) is 0 Å². The van der Waals surface area contributed by atoms with Gasteiger partial charge < -0.3 is 15.0 Å². The van der Waals surface area contributed by atoms with Crippen LogP contribution in [0.1, 0.15) is 38.5 Å². The van der Waals surface area contributed by atoms with Gasteiger partial charge in [-0.2, -0.15) is 0 Å². The summed E-state index contributed by atoms with van der Waals surface area (Å²) in [5.41, 5.74) is 0. The third kappa shape index (κ3) is 2.83. The Labute approximate surface area is 108 Å². The number of amides is 1. The lowest BCUT2D eigenvalue weighted by molar-refractivity contribution is -0.151. The molecule has 2 atom stereocenters. The number of nitrogens with zero attached hydrogens (tertiary/aromatic N) is 1. The van der Waals surface area contributed by atoms with Gasteiger partial charge in [0.25, 0.3) is 0 Å². The Morgan fingerprint density at radius 2 is 2.00 bits per heavy atom. The zero-order chi connectivity index (χ0) is 13.0. The number of nitrogens with one attached hydrogen (secondary N) is 1. The van der Waals surface area contributed by atoms with Crippen molar-refractivity contribution >= 4 is 11.9 Å². The van der Waals surface area contributed by atoms with Gasteiger partial charge >= 0.3 is 5.97 Å². The number of methoxy groups -OCH3 is 1. The molecule has 2 aliphatic rings. The first-order valence-electron chi connectivity index (χ1n) is 6.85. The van der Waals surface area contributed by atoms with Crippen LogP contribution in [-0.2, 0) is 14.3 Å². The fourth-order valence-corrected chi connectivity index (χ4v) is 2.85. The molecule has 1 N–H and O–H groups in total. The van der Waals surface area contributed by atoms with Gasteiger partial charge in [0.05, 0.1) is 13.2 Å². The average molecular weight is 254 g/mol. The van der Waals surface area contributed by atoms with Crippen molar-refractivity contribution in [2.24, 2.45) is 0 Å². The summed E-state index contributed by atoms with van der Waals surface area (Å²) in [6.45, 7) is 1.57. The number of hydrogen-bond acceptors (Lipinski definition) is 4. The van der Waals surface area contributed by atoms with Crippen LogP contribution in [0, 0.1) is 0 Å². The van der Waals surface area contributed by atoms with Crippen molar-refractivity contribution in [3.8, 4) is 0 Å². The van der Waals surface area contributed by atoms with Crippen molar-refractivity contribution in [2.75, 3.05) is 20.2 Å². The lowest BCUT2D eigenvalue weighted by atomic mass is 10.1. The predicted molar refractivity (Wildman–Crippen MR) is 67.0 cm³/mol. The molecular weight excluding hydrogens is 232 g/mol. The van der Waals surface area contributed by atoms with Gasteiger partial charge in [0.1, 0.15) is 6.04 Å². The number of likely N-dealkylation sites (tertiary alicyclic amines) is 1. The van der Waals surface area contributed by atoms with E-state index in [0.717, 1.165) is 38.6 Å². The standard InChI is InChI=1S/C13H22N2O3/c1-18-13(17)11-7-5-9-15(11)12(16)10-6-3-2-4-8-14-10/h10-11,14H,2-9H2,1H3. The SMILES string of the molecule is COC(=O)C1CCCN1C(=O)C1CCCCCN1. The van der Waals surface area contributed by atoms with Crippen LogP contribution in [0.2, 0.25) is 0 Å². The van der Waals surface area contributed by atoms with Crippen molar-refractivity contribution in [2.45, 2.75) is 50.6 Å². The highest BCUT2D eigenvalue weighted by Crippen LogP contribution is 2.21. The summed E-state index contributed by atoms with van der Waals surface area (Å²) in [4.78, 5) is 25.8. The van der Waals surface area contributed by atoms with Gasteiger partial charge in [-0.15, -0.1) is 0 Å². The van der Waals surface area contributed by atoms with E-state index in [1.807, 2.05) is 0 Å². The molecule has 18 heavy (non-hydrogen) atoms. The minimum atomic E-state index is -0.368. The van der Waals surface area contributed by atoms with E-state index in [-0.39, 0.29) is 24.0 Å². The van der Waals surface area contributed by atoms with E-state index in [9.17, 15) is 9.59 Å². The number of ether oxygens (including phenoxy) is 1. The van der Waals surface area contributed by atoms with Crippen molar-refractivity contribution in [1.82, 2.24) is 10.2 Å². The summed E-state index contributed by atoms with van der Waals surface area (Å²) in [5.74, 6) is -0.209. The molecule has 2 rings (SSSR count). The molecule has 2 fully saturated rings. The lowest BCUT2D eigenvalue weighted by Gasteiger charge is -2.27. The zero-order valence-corrected chi connectivity index (χ0v) is 11.0. The molecule has 2 unspecified atom stereocenters. The molecule has 0 saturated carbocycles. The molecule has 1 amide bonds. The molecule has 5 nitrogen and oxygen atoms in total. The quantitative estimate of drug-likeness (QED) is 0.736. The Bertz CT molecular complexity index is 311. The van der Waals surface area contributed by atoms with E-state index in [4.69, 9.17) is 4.74 Å². The minimum Gasteiger partial charge on any atom is -0.467 e. The summed E-state index contributed by atoms with van der Waals surface area (Å²) in [6, 6.07) is -0.481. The zero-order valence-electron chi connectivity index (χ0n) is 11.0. The Balaban J connectivity index is 2.00. The number of carbonyl (C=O) groups is 2. The normalized spacial score (nSPS) is 28.8. The highest BCUT2D eigenvalue weighted by atomic mass is 16.5. The molecule has 0 aromatic carbocycles. The maximum absolute atomic E-state index is 12.4. The van der Waals surface area contributed by atoms with Crippen LogP contribution in [0.3, 0.4) is 0 Å². The van der Waals surface area contributed by atoms with Gasteiger partial charge in [0.15, 0.2) is 0 Å². The van der Waals surface area contributed by atoms with Gasteiger partial charge in [-0.3, -0.25) is 4.79 Å². The molecule has 2 saturated heterocycles. The van der Waals surface area contributed by atoms with Crippen LogP contribution < -0.4 is 5.32 Å². The monoisotopic (exact) mass is 254 g/mol. The summed E-state index contributed by atoms with van der Waals surface area (Å²) in [7, 11) is 1.38. The highest BCUT2D eigenvalue weighted by Gasteiger charge is 2.37. The molecule has 0 aromatic rings. The minimum absolute atomic E-state index is 0.0739. The molecular formula is C13H22N2O3. The molecule has 0 aromatic heterocycles. The Kier molecular flexibility index (Phi) is 4.58. The van der Waals surface area contributed by atoms with E-state index in [0.29, 0.717) is 6.54 Å². The lowest BCUT2D eigenvalue weighted by Crippen LogP contribution is -2.50. The molecule has 102 valence electrons. The van der Waals surface area contributed by atoms with Crippen molar-refractivity contribution in [3.63, 3.8) is 0 Å². The Morgan fingerprint density at radius 3 is 2.78 bits per heavy atom. The van der Waals surface area contributed by atoms with Gasteiger partial charge in [0.2, 0.25) is 5.91 Å². The van der Waals surface area contributed by atoms with E-state index in [1.54, 1.807) is 4.90 Å². The van der Waals surface area contributed by atoms with Crippen LogP contribution >= 0.6 is 0 Å². The fourth-order valence-electron chi connectivity index (χ4n) is 2.85. The predicted octanol–water partition coefficient (Wildman–Crippen LogP) is 0.683. The summed E-state index contributed by atoms with van der Waals surface area (Å²) >= 11 is 0. The van der Waals surface area contributed by atoms with E-state index >= 15 is 0 Å². The second kappa shape index (κ2) is 6.18. The Hall–Kier alpha value is -1.10. The van der Waals surface area contributed by atoms with Crippen molar-refractivity contribution in [1.29, 1.82) is 0 Å². The first-order chi connectivity index (χ1) is 8.74. The summed E-state index contributed by atoms with van der Waals surface area (Å²) in [5, 5.41) is 3.29. The molecule has 2 heterocycles.